The number of nitrogens with zero attached hydrogens (tertiary/aromatic N) is 5. The zero-order valence-corrected chi connectivity index (χ0v) is 23.0. The molecule has 39 heavy (non-hydrogen) atoms. The molecule has 0 amide bonds. The van der Waals surface area contributed by atoms with E-state index < -0.39 is 11.9 Å². The number of thiophene rings is 1. The molecule has 0 spiro atoms. The number of aryl methyl sites for hydroxylation is 1. The summed E-state index contributed by atoms with van der Waals surface area (Å²) in [5.74, 6) is 1.47. The van der Waals surface area contributed by atoms with E-state index in [4.69, 9.17) is 4.74 Å². The molecule has 1 aliphatic heterocycles. The van der Waals surface area contributed by atoms with Gasteiger partial charge in [0.1, 0.15) is 27.9 Å². The van der Waals surface area contributed by atoms with Crippen molar-refractivity contribution in [3.8, 4) is 5.75 Å². The number of hydrogen-bond acceptors (Lipinski definition) is 9. The highest BCUT2D eigenvalue weighted by Crippen LogP contribution is 2.36. The van der Waals surface area contributed by atoms with E-state index in [1.807, 2.05) is 30.5 Å². The Morgan fingerprint density at radius 3 is 2.51 bits per heavy atom. The summed E-state index contributed by atoms with van der Waals surface area (Å²) in [6, 6.07) is 10.2. The molecule has 1 fully saturated rings. The number of nitrogens with one attached hydrogen (secondary N) is 2. The molecule has 12 heteroatoms. The van der Waals surface area contributed by atoms with Crippen molar-refractivity contribution in [1.29, 1.82) is 0 Å². The molecule has 2 N–H and O–H groups in total. The molecule has 0 bridgehead atoms. The van der Waals surface area contributed by atoms with Gasteiger partial charge >= 0.3 is 6.18 Å². The zero-order chi connectivity index (χ0) is 27.7. The Bertz CT molecular complexity index is 1470. The van der Waals surface area contributed by atoms with Crippen molar-refractivity contribution < 1.29 is 17.9 Å². The van der Waals surface area contributed by atoms with Crippen LogP contribution in [-0.4, -0.2) is 60.2 Å². The maximum Gasteiger partial charge on any atom is 0.433 e. The number of ether oxygens (including phenoxy) is 1. The molecule has 5 rings (SSSR count). The fourth-order valence-corrected chi connectivity index (χ4v) is 5.70. The zero-order valence-electron chi connectivity index (χ0n) is 22.1. The number of alkyl halides is 3. The number of halogens is 3. The summed E-state index contributed by atoms with van der Waals surface area (Å²) in [6.07, 6.45) is -2.38. The van der Waals surface area contributed by atoms with E-state index in [-0.39, 0.29) is 5.82 Å². The number of rotatable bonds is 7. The molecule has 1 aliphatic rings. The second-order valence-electron chi connectivity index (χ2n) is 9.72. The maximum absolute atomic E-state index is 13.2. The van der Waals surface area contributed by atoms with Gasteiger partial charge in [0.05, 0.1) is 18.2 Å². The lowest BCUT2D eigenvalue weighted by Gasteiger charge is -2.37. The lowest BCUT2D eigenvalue weighted by molar-refractivity contribution is -0.141. The van der Waals surface area contributed by atoms with Crippen LogP contribution >= 0.6 is 11.3 Å². The first-order valence-electron chi connectivity index (χ1n) is 12.6. The predicted octanol–water partition coefficient (Wildman–Crippen LogP) is 6.44. The summed E-state index contributed by atoms with van der Waals surface area (Å²) in [5.41, 5.74) is 1.70. The minimum Gasteiger partial charge on any atom is -0.495 e. The van der Waals surface area contributed by atoms with Crippen molar-refractivity contribution in [2.45, 2.75) is 32.0 Å². The normalized spacial score (nSPS) is 14.7. The van der Waals surface area contributed by atoms with Crippen molar-refractivity contribution in [3.05, 3.63) is 53.0 Å². The van der Waals surface area contributed by atoms with Crippen LogP contribution in [-0.2, 0) is 6.18 Å². The van der Waals surface area contributed by atoms with E-state index in [1.165, 1.54) is 23.5 Å². The van der Waals surface area contributed by atoms with Crippen LogP contribution in [0, 0.1) is 6.92 Å². The molecule has 0 radical (unpaired) electrons. The minimum atomic E-state index is -4.54. The summed E-state index contributed by atoms with van der Waals surface area (Å²) >= 11 is 1.44. The molecular formula is C27H30F3N7OS. The average Bonchev–Trinajstić information content (AvgIpc) is 3.29. The molecule has 4 heterocycles. The Balaban J connectivity index is 1.41. The van der Waals surface area contributed by atoms with E-state index in [9.17, 15) is 13.2 Å². The number of fused-ring (bicyclic) bond motifs is 1. The third-order valence-electron chi connectivity index (χ3n) is 6.87. The number of benzene rings is 1. The van der Waals surface area contributed by atoms with Crippen molar-refractivity contribution in [1.82, 2.24) is 19.9 Å². The Labute approximate surface area is 228 Å². The number of methoxy groups -OCH3 is 1. The van der Waals surface area contributed by atoms with Gasteiger partial charge in [0.25, 0.3) is 0 Å². The summed E-state index contributed by atoms with van der Waals surface area (Å²) in [4.78, 5) is 18.3. The van der Waals surface area contributed by atoms with E-state index in [0.29, 0.717) is 22.6 Å². The summed E-state index contributed by atoms with van der Waals surface area (Å²) in [6.45, 7) is 3.80. The van der Waals surface area contributed by atoms with Crippen LogP contribution in [0.5, 0.6) is 5.75 Å². The monoisotopic (exact) mass is 557 g/mol. The Kier molecular flexibility index (Phi) is 7.50. The summed E-state index contributed by atoms with van der Waals surface area (Å²) in [7, 11) is 5.89. The quantitative estimate of drug-likeness (QED) is 0.269. The number of pyridine rings is 1. The molecule has 0 saturated carbocycles. The van der Waals surface area contributed by atoms with Crippen molar-refractivity contribution in [2.75, 3.05) is 49.8 Å². The predicted molar refractivity (Wildman–Crippen MR) is 150 cm³/mol. The van der Waals surface area contributed by atoms with Crippen LogP contribution < -0.4 is 20.3 Å². The molecule has 3 aromatic heterocycles. The molecule has 0 aliphatic carbocycles. The van der Waals surface area contributed by atoms with Crippen LogP contribution in [0.4, 0.5) is 42.1 Å². The van der Waals surface area contributed by atoms with Crippen LogP contribution in [0.15, 0.2) is 41.8 Å². The smallest absolute Gasteiger partial charge is 0.433 e. The first kappa shape index (κ1) is 26.9. The topological polar surface area (TPSA) is 78.4 Å². The second kappa shape index (κ2) is 10.9. The van der Waals surface area contributed by atoms with Gasteiger partial charge in [-0.2, -0.15) is 18.2 Å². The highest BCUT2D eigenvalue weighted by Gasteiger charge is 2.32. The largest absolute Gasteiger partial charge is 0.495 e. The molecule has 0 atom stereocenters. The van der Waals surface area contributed by atoms with E-state index in [1.54, 1.807) is 7.11 Å². The first-order valence-corrected chi connectivity index (χ1v) is 13.4. The standard InChI is InChI=1S/C27H30F3N7OS/c1-16-15-39-25-23(16)24(33-22-7-5-6-21(32-22)27(28,29)30)34-26(35-25)31-17-8-9-19(20(14-17)38-4)37-12-10-18(11-13-37)36(2)3/h5-9,14-15,18H,10-13H2,1-4H3,(H2,31,32,33,34,35). The van der Waals surface area contributed by atoms with Gasteiger partial charge in [-0.1, -0.05) is 6.07 Å². The average molecular weight is 558 g/mol. The lowest BCUT2D eigenvalue weighted by Crippen LogP contribution is -2.42. The molecule has 206 valence electrons. The van der Waals surface area contributed by atoms with Gasteiger partial charge < -0.3 is 25.2 Å². The minimum absolute atomic E-state index is 0.0467. The number of anilines is 5. The van der Waals surface area contributed by atoms with Crippen LogP contribution in [0.2, 0.25) is 0 Å². The molecule has 1 saturated heterocycles. The van der Waals surface area contributed by atoms with Gasteiger partial charge in [0.15, 0.2) is 0 Å². The molecule has 1 aromatic carbocycles. The molecular weight excluding hydrogens is 527 g/mol. The van der Waals surface area contributed by atoms with E-state index in [0.717, 1.165) is 60.1 Å². The van der Waals surface area contributed by atoms with Crippen molar-refractivity contribution in [2.24, 2.45) is 0 Å². The second-order valence-corrected chi connectivity index (χ2v) is 10.6. The molecule has 8 nitrogen and oxygen atoms in total. The molecule has 4 aromatic rings. The summed E-state index contributed by atoms with van der Waals surface area (Å²) < 4.78 is 45.3. The number of hydrogen-bond donors (Lipinski definition) is 2. The van der Waals surface area contributed by atoms with Crippen LogP contribution in [0.1, 0.15) is 24.1 Å². The van der Waals surface area contributed by atoms with Crippen LogP contribution in [0.25, 0.3) is 10.2 Å². The fraction of sp³-hybridized carbons (Fsp3) is 0.370. The van der Waals surface area contributed by atoms with Gasteiger partial charge in [-0.25, -0.2) is 9.97 Å². The van der Waals surface area contributed by atoms with Crippen molar-refractivity contribution in [3.63, 3.8) is 0 Å². The maximum atomic E-state index is 13.2. The highest BCUT2D eigenvalue weighted by atomic mass is 32.1. The van der Waals surface area contributed by atoms with Crippen molar-refractivity contribution >= 4 is 50.5 Å². The van der Waals surface area contributed by atoms with Crippen LogP contribution in [0.3, 0.4) is 0 Å². The van der Waals surface area contributed by atoms with E-state index in [2.05, 4.69) is 49.5 Å². The Morgan fingerprint density at radius 1 is 1.05 bits per heavy atom. The summed E-state index contributed by atoms with van der Waals surface area (Å²) in [5, 5.41) is 8.87. The van der Waals surface area contributed by atoms with Gasteiger partial charge in [0.2, 0.25) is 5.95 Å². The third kappa shape index (κ3) is 5.86. The highest BCUT2D eigenvalue weighted by molar-refractivity contribution is 7.17. The Hall–Kier alpha value is -3.64. The lowest BCUT2D eigenvalue weighted by atomic mass is 10.0. The number of aromatic nitrogens is 3. The Morgan fingerprint density at radius 2 is 1.82 bits per heavy atom. The first-order chi connectivity index (χ1) is 18.6. The van der Waals surface area contributed by atoms with Gasteiger partial charge in [-0.3, -0.25) is 0 Å². The number of piperidine rings is 1. The fourth-order valence-electron chi connectivity index (χ4n) is 4.78. The van der Waals surface area contributed by atoms with Gasteiger partial charge in [0, 0.05) is 30.9 Å². The van der Waals surface area contributed by atoms with Gasteiger partial charge in [-0.15, -0.1) is 11.3 Å². The third-order valence-corrected chi connectivity index (χ3v) is 7.86. The van der Waals surface area contributed by atoms with E-state index >= 15 is 0 Å². The molecule has 0 unspecified atom stereocenters. The van der Waals surface area contributed by atoms with Gasteiger partial charge in [-0.05, 0) is 69.1 Å². The SMILES string of the molecule is COc1cc(Nc2nc(Nc3cccc(C(F)(F)F)n3)c3c(C)csc3n2)ccc1N1CCC(N(C)C)CC1.